The van der Waals surface area contributed by atoms with Gasteiger partial charge < -0.3 is 9.32 Å². The predicted octanol–water partition coefficient (Wildman–Crippen LogP) is 3.82. The van der Waals surface area contributed by atoms with Crippen molar-refractivity contribution in [1.82, 2.24) is 15.1 Å². The van der Waals surface area contributed by atoms with Crippen LogP contribution < -0.4 is 0 Å². The van der Waals surface area contributed by atoms with Crippen LogP contribution in [0.25, 0.3) is 0 Å². The van der Waals surface area contributed by atoms with Crippen molar-refractivity contribution in [3.05, 3.63) is 41.8 Å². The highest BCUT2D eigenvalue weighted by atomic mass is 32.2. The molecule has 1 atom stereocenters. The number of carbonyl (C=O) groups is 1. The molecule has 1 fully saturated rings. The fourth-order valence-electron chi connectivity index (χ4n) is 2.65. The number of hydrogen-bond acceptors (Lipinski definition) is 5. The molecule has 24 heavy (non-hydrogen) atoms. The molecule has 128 valence electrons. The summed E-state index contributed by atoms with van der Waals surface area (Å²) in [5.41, 5.74) is 0.766. The Morgan fingerprint density at radius 3 is 2.42 bits per heavy atom. The zero-order valence-electron chi connectivity index (χ0n) is 14.4. The molecule has 3 rings (SSSR count). The molecule has 1 aromatic carbocycles. The monoisotopic (exact) mass is 345 g/mol. The Morgan fingerprint density at radius 2 is 1.83 bits per heavy atom. The number of thioether (sulfide) groups is 1. The lowest BCUT2D eigenvalue weighted by molar-refractivity contribution is -0.129. The molecule has 6 heteroatoms. The third-order valence-corrected chi connectivity index (χ3v) is 5.09. The van der Waals surface area contributed by atoms with Crippen LogP contribution in [0, 0.1) is 0 Å². The highest BCUT2D eigenvalue weighted by Gasteiger charge is 2.31. The van der Waals surface area contributed by atoms with E-state index >= 15 is 0 Å². The van der Waals surface area contributed by atoms with Crippen LogP contribution in [-0.2, 0) is 10.2 Å². The van der Waals surface area contributed by atoms with E-state index in [1.807, 2.05) is 56.0 Å². The first-order valence-electron chi connectivity index (χ1n) is 8.29. The van der Waals surface area contributed by atoms with E-state index in [9.17, 15) is 4.79 Å². The Labute approximate surface area is 146 Å². The van der Waals surface area contributed by atoms with Crippen LogP contribution in [0.3, 0.4) is 0 Å². The molecule has 1 saturated heterocycles. The van der Waals surface area contributed by atoms with Crippen molar-refractivity contribution < 1.29 is 9.21 Å². The normalized spacial score (nSPS) is 16.4. The van der Waals surface area contributed by atoms with Crippen molar-refractivity contribution in [2.45, 2.75) is 49.5 Å². The molecule has 1 aliphatic rings. The number of hydrogen-bond donors (Lipinski definition) is 0. The smallest absolute Gasteiger partial charge is 0.277 e. The average molecular weight is 345 g/mol. The molecule has 0 N–H and O–H groups in total. The maximum atomic E-state index is 13.0. The second-order valence-corrected chi connectivity index (χ2v) is 8.12. The van der Waals surface area contributed by atoms with Crippen molar-refractivity contribution >= 4 is 17.7 Å². The molecule has 0 radical (unpaired) electrons. The van der Waals surface area contributed by atoms with Gasteiger partial charge in [-0.25, -0.2) is 0 Å². The summed E-state index contributed by atoms with van der Waals surface area (Å²) in [6.45, 7) is 7.75. The van der Waals surface area contributed by atoms with Crippen molar-refractivity contribution in [2.75, 3.05) is 13.1 Å². The summed E-state index contributed by atoms with van der Waals surface area (Å²) in [6, 6.07) is 9.82. The molecular weight excluding hydrogens is 322 g/mol. The number of nitrogens with zero attached hydrogens (tertiary/aromatic N) is 3. The van der Waals surface area contributed by atoms with E-state index in [0.29, 0.717) is 11.1 Å². The summed E-state index contributed by atoms with van der Waals surface area (Å²) in [7, 11) is 0. The van der Waals surface area contributed by atoms with Crippen LogP contribution in [0.4, 0.5) is 0 Å². The van der Waals surface area contributed by atoms with Crippen LogP contribution in [-0.4, -0.2) is 34.1 Å². The lowest BCUT2D eigenvalue weighted by atomic mass is 9.97. The average Bonchev–Trinajstić information content (AvgIpc) is 3.24. The van der Waals surface area contributed by atoms with Crippen LogP contribution in [0.5, 0.6) is 0 Å². The third kappa shape index (κ3) is 3.80. The van der Waals surface area contributed by atoms with E-state index in [-0.39, 0.29) is 16.6 Å². The minimum atomic E-state index is -0.349. The lowest BCUT2D eigenvalue weighted by Crippen LogP contribution is -2.31. The molecule has 1 unspecified atom stereocenters. The zero-order valence-corrected chi connectivity index (χ0v) is 15.2. The number of amides is 1. The summed E-state index contributed by atoms with van der Waals surface area (Å²) >= 11 is 1.34. The topological polar surface area (TPSA) is 59.2 Å². The molecule has 1 amide bonds. The van der Waals surface area contributed by atoms with Gasteiger partial charge in [-0.05, 0) is 30.2 Å². The molecule has 5 nitrogen and oxygen atoms in total. The standard InChI is InChI=1S/C18H23N3O2S/c1-18(2,3)16-19-20-17(23-16)24-14(13-9-5-4-6-10-13)15(22)21-11-7-8-12-21/h4-6,9-10,14H,7-8,11-12H2,1-3H3. The van der Waals surface area contributed by atoms with Crippen LogP contribution in [0.1, 0.15) is 50.3 Å². The molecule has 0 spiro atoms. The van der Waals surface area contributed by atoms with Crippen molar-refractivity contribution in [3.8, 4) is 0 Å². The minimum Gasteiger partial charge on any atom is -0.415 e. The molecular formula is C18H23N3O2S. The molecule has 0 aliphatic carbocycles. The number of likely N-dealkylation sites (tertiary alicyclic amines) is 1. The van der Waals surface area contributed by atoms with Gasteiger partial charge >= 0.3 is 0 Å². The summed E-state index contributed by atoms with van der Waals surface area (Å²) in [5, 5.41) is 8.36. The summed E-state index contributed by atoms with van der Waals surface area (Å²) < 4.78 is 5.78. The van der Waals surface area contributed by atoms with Crippen molar-refractivity contribution in [1.29, 1.82) is 0 Å². The molecule has 1 aromatic heterocycles. The number of rotatable bonds is 4. The van der Waals surface area contributed by atoms with Gasteiger partial charge in [0, 0.05) is 18.5 Å². The van der Waals surface area contributed by atoms with Crippen LogP contribution in [0.2, 0.25) is 0 Å². The Balaban J connectivity index is 1.85. The van der Waals surface area contributed by atoms with Gasteiger partial charge in [0.25, 0.3) is 5.22 Å². The fraction of sp³-hybridized carbons (Fsp3) is 0.500. The zero-order chi connectivity index (χ0) is 17.2. The number of aromatic nitrogens is 2. The molecule has 0 saturated carbocycles. The van der Waals surface area contributed by atoms with Gasteiger partial charge in [0.2, 0.25) is 11.8 Å². The number of benzene rings is 1. The van der Waals surface area contributed by atoms with E-state index in [2.05, 4.69) is 10.2 Å². The van der Waals surface area contributed by atoms with Crippen LogP contribution in [0.15, 0.2) is 40.0 Å². The first-order chi connectivity index (χ1) is 11.4. The predicted molar refractivity (Wildman–Crippen MR) is 93.9 cm³/mol. The Hall–Kier alpha value is -1.82. The van der Waals surface area contributed by atoms with E-state index in [4.69, 9.17) is 4.42 Å². The van der Waals surface area contributed by atoms with Crippen molar-refractivity contribution in [2.24, 2.45) is 0 Å². The Kier molecular flexibility index (Phi) is 4.94. The van der Waals surface area contributed by atoms with E-state index < -0.39 is 0 Å². The van der Waals surface area contributed by atoms with Gasteiger partial charge in [0.1, 0.15) is 5.25 Å². The molecule has 0 bridgehead atoms. The Bertz CT molecular complexity index is 688. The summed E-state index contributed by atoms with van der Waals surface area (Å²) in [5.74, 6) is 0.713. The highest BCUT2D eigenvalue weighted by Crippen LogP contribution is 2.37. The third-order valence-electron chi connectivity index (χ3n) is 4.01. The lowest BCUT2D eigenvalue weighted by Gasteiger charge is -2.22. The van der Waals surface area contributed by atoms with Gasteiger partial charge in [-0.2, -0.15) is 0 Å². The van der Waals surface area contributed by atoms with Gasteiger partial charge in [0.05, 0.1) is 0 Å². The second-order valence-electron chi connectivity index (χ2n) is 7.06. The summed E-state index contributed by atoms with van der Waals surface area (Å²) in [4.78, 5) is 14.9. The first kappa shape index (κ1) is 17.0. The van der Waals surface area contributed by atoms with E-state index in [0.717, 1.165) is 31.5 Å². The SMILES string of the molecule is CC(C)(C)c1nnc(SC(C(=O)N2CCCC2)c2ccccc2)o1. The first-order valence-corrected chi connectivity index (χ1v) is 9.17. The van der Waals surface area contributed by atoms with Gasteiger partial charge in [0.15, 0.2) is 0 Å². The van der Waals surface area contributed by atoms with Crippen molar-refractivity contribution in [3.63, 3.8) is 0 Å². The van der Waals surface area contributed by atoms with E-state index in [1.54, 1.807) is 0 Å². The summed E-state index contributed by atoms with van der Waals surface area (Å²) in [6.07, 6.45) is 2.15. The van der Waals surface area contributed by atoms with Gasteiger partial charge in [-0.15, -0.1) is 10.2 Å². The largest absolute Gasteiger partial charge is 0.415 e. The van der Waals surface area contributed by atoms with Crippen LogP contribution >= 0.6 is 11.8 Å². The Morgan fingerprint density at radius 1 is 1.17 bits per heavy atom. The maximum Gasteiger partial charge on any atom is 0.277 e. The highest BCUT2D eigenvalue weighted by molar-refractivity contribution is 8.00. The fourth-order valence-corrected chi connectivity index (χ4v) is 3.61. The van der Waals surface area contributed by atoms with E-state index in [1.165, 1.54) is 11.8 Å². The van der Waals surface area contributed by atoms with Gasteiger partial charge in [-0.1, -0.05) is 51.1 Å². The maximum absolute atomic E-state index is 13.0. The quantitative estimate of drug-likeness (QED) is 0.788. The number of carbonyl (C=O) groups excluding carboxylic acids is 1. The van der Waals surface area contributed by atoms with Gasteiger partial charge in [-0.3, -0.25) is 4.79 Å². The molecule has 2 aromatic rings. The second kappa shape index (κ2) is 6.97. The molecule has 2 heterocycles. The minimum absolute atomic E-state index is 0.124. The molecule has 1 aliphatic heterocycles.